The van der Waals surface area contributed by atoms with Gasteiger partial charge in [-0.25, -0.2) is 4.79 Å². The molecule has 0 saturated heterocycles. The fraction of sp³-hybridized carbons (Fsp3) is 0.455. The average molecular weight is 224 g/mol. The molecule has 0 atom stereocenters. The monoisotopic (exact) mass is 224 g/mol. The molecule has 88 valence electrons. The van der Waals surface area contributed by atoms with E-state index in [1.165, 1.54) is 9.63 Å². The van der Waals surface area contributed by atoms with Crippen molar-refractivity contribution in [3.8, 4) is 0 Å². The number of anilines is 1. The Hall–Kier alpha value is -1.78. The van der Waals surface area contributed by atoms with Gasteiger partial charge < -0.3 is 9.80 Å². The van der Waals surface area contributed by atoms with Crippen LogP contribution in [0, 0.1) is 6.92 Å². The maximum atomic E-state index is 11.4. The summed E-state index contributed by atoms with van der Waals surface area (Å²) in [6.07, 6.45) is 1.33. The number of amides is 1. The van der Waals surface area contributed by atoms with Crippen molar-refractivity contribution in [2.24, 2.45) is 0 Å². The number of nitrogens with zero attached hydrogens (tertiary/aromatic N) is 3. The lowest BCUT2D eigenvalue weighted by molar-refractivity contribution is -0.873. The van der Waals surface area contributed by atoms with Crippen molar-refractivity contribution in [2.45, 2.75) is 6.92 Å². The quantitative estimate of drug-likeness (QED) is 0.685. The van der Waals surface area contributed by atoms with Crippen LogP contribution in [-0.4, -0.2) is 39.2 Å². The predicted octanol–water partition coefficient (Wildman–Crippen LogP) is 0.459. The second-order valence-electron chi connectivity index (χ2n) is 4.00. The molecule has 1 heterocycles. The Kier molecular flexibility index (Phi) is 3.71. The maximum Gasteiger partial charge on any atom is 0.477 e. The molecule has 5 heteroatoms. The highest BCUT2D eigenvalue weighted by atomic mass is 16.7. The van der Waals surface area contributed by atoms with Gasteiger partial charge >= 0.3 is 6.09 Å². The van der Waals surface area contributed by atoms with Crippen molar-refractivity contribution in [1.29, 1.82) is 0 Å². The number of aryl methyl sites for hydroxylation is 1. The number of hydrogen-bond donors (Lipinski definition) is 0. The fourth-order valence-electron chi connectivity index (χ4n) is 1.13. The van der Waals surface area contributed by atoms with Crippen molar-refractivity contribution in [1.82, 2.24) is 4.90 Å². The Bertz CT molecular complexity index is 389. The number of carbonyl (C=O) groups excluding carboxylic acids is 1. The summed E-state index contributed by atoms with van der Waals surface area (Å²) < 4.78 is 1.45. The highest BCUT2D eigenvalue weighted by molar-refractivity contribution is 5.66. The van der Waals surface area contributed by atoms with Gasteiger partial charge in [0.2, 0.25) is 11.9 Å². The first-order valence-corrected chi connectivity index (χ1v) is 5.01. The van der Waals surface area contributed by atoms with E-state index >= 15 is 0 Å². The Balaban J connectivity index is 2.87. The molecule has 0 spiro atoms. The summed E-state index contributed by atoms with van der Waals surface area (Å²) in [7, 11) is 7.22. The summed E-state index contributed by atoms with van der Waals surface area (Å²) in [5, 5.41) is 0. The number of aromatic nitrogens is 1. The first-order chi connectivity index (χ1) is 7.41. The van der Waals surface area contributed by atoms with Gasteiger partial charge in [-0.15, -0.1) is 0 Å². The third-order valence-electron chi connectivity index (χ3n) is 2.14. The molecule has 1 amide bonds. The largest absolute Gasteiger partial charge is 0.477 e. The zero-order valence-corrected chi connectivity index (χ0v) is 10.4. The van der Waals surface area contributed by atoms with Crippen LogP contribution in [0.3, 0.4) is 0 Å². The van der Waals surface area contributed by atoms with Crippen LogP contribution in [0.25, 0.3) is 0 Å². The highest BCUT2D eigenvalue weighted by Gasteiger charge is 2.16. The van der Waals surface area contributed by atoms with Crippen LogP contribution in [0.5, 0.6) is 0 Å². The molecule has 0 aliphatic rings. The van der Waals surface area contributed by atoms with Gasteiger partial charge in [0, 0.05) is 57.7 Å². The van der Waals surface area contributed by atoms with Crippen molar-refractivity contribution in [3.05, 3.63) is 24.0 Å². The molecule has 16 heavy (non-hydrogen) atoms. The van der Waals surface area contributed by atoms with Gasteiger partial charge in [0.15, 0.2) is 0 Å². The normalized spacial score (nSPS) is 9.81. The standard InChI is InChI=1S/C11H18N3O2/c1-9-8-10(12(2)3)6-7-14(9)16-11(15)13(4)5/h6-8H,1-5H3/q+1. The summed E-state index contributed by atoms with van der Waals surface area (Å²) >= 11 is 0. The van der Waals surface area contributed by atoms with Gasteiger partial charge in [-0.2, -0.15) is 4.84 Å². The predicted molar refractivity (Wildman–Crippen MR) is 61.4 cm³/mol. The van der Waals surface area contributed by atoms with Crippen LogP contribution in [0.1, 0.15) is 5.69 Å². The third-order valence-corrected chi connectivity index (χ3v) is 2.14. The first-order valence-electron chi connectivity index (χ1n) is 5.01. The Labute approximate surface area is 95.8 Å². The lowest BCUT2D eigenvalue weighted by Gasteiger charge is -2.11. The van der Waals surface area contributed by atoms with Gasteiger partial charge in [-0.1, -0.05) is 0 Å². The molecule has 1 aromatic heterocycles. The smallest absolute Gasteiger partial charge is 0.377 e. The van der Waals surface area contributed by atoms with E-state index in [-0.39, 0.29) is 0 Å². The molecule has 0 aromatic carbocycles. The number of pyridine rings is 1. The lowest BCUT2D eigenvalue weighted by atomic mass is 10.3. The molecule has 0 bridgehead atoms. The zero-order valence-electron chi connectivity index (χ0n) is 10.4. The number of hydrogen-bond acceptors (Lipinski definition) is 3. The molecule has 0 radical (unpaired) electrons. The van der Waals surface area contributed by atoms with Crippen molar-refractivity contribution in [3.63, 3.8) is 0 Å². The topological polar surface area (TPSA) is 36.7 Å². The molecule has 0 unspecified atom stereocenters. The van der Waals surface area contributed by atoms with E-state index in [0.29, 0.717) is 0 Å². The number of rotatable bonds is 2. The van der Waals surface area contributed by atoms with Crippen LogP contribution < -0.4 is 14.5 Å². The molecule has 0 N–H and O–H groups in total. The summed E-state index contributed by atoms with van der Waals surface area (Å²) in [6, 6.07) is 3.83. The maximum absolute atomic E-state index is 11.4. The van der Waals surface area contributed by atoms with E-state index in [1.807, 2.05) is 38.1 Å². The van der Waals surface area contributed by atoms with E-state index in [4.69, 9.17) is 4.84 Å². The van der Waals surface area contributed by atoms with E-state index < -0.39 is 6.09 Å². The average Bonchev–Trinajstić information content (AvgIpc) is 2.20. The van der Waals surface area contributed by atoms with Crippen molar-refractivity contribution >= 4 is 11.8 Å². The van der Waals surface area contributed by atoms with Crippen LogP contribution >= 0.6 is 0 Å². The van der Waals surface area contributed by atoms with E-state index in [2.05, 4.69) is 0 Å². The summed E-state index contributed by atoms with van der Waals surface area (Å²) in [5.74, 6) is 0. The summed E-state index contributed by atoms with van der Waals surface area (Å²) in [5.41, 5.74) is 1.93. The van der Waals surface area contributed by atoms with Gasteiger partial charge in [-0.3, -0.25) is 0 Å². The molecule has 0 saturated carbocycles. The van der Waals surface area contributed by atoms with Crippen molar-refractivity contribution < 1.29 is 14.4 Å². The minimum absolute atomic E-state index is 0.397. The van der Waals surface area contributed by atoms with E-state index in [0.717, 1.165) is 11.4 Å². The Morgan fingerprint density at radius 2 is 1.94 bits per heavy atom. The van der Waals surface area contributed by atoms with E-state index in [9.17, 15) is 4.79 Å². The Morgan fingerprint density at radius 1 is 1.31 bits per heavy atom. The van der Waals surface area contributed by atoms with E-state index in [1.54, 1.807) is 20.3 Å². The highest BCUT2D eigenvalue weighted by Crippen LogP contribution is 2.08. The molecule has 5 nitrogen and oxygen atoms in total. The summed E-state index contributed by atoms with van der Waals surface area (Å²) in [6.45, 7) is 1.88. The Morgan fingerprint density at radius 3 is 2.38 bits per heavy atom. The molecule has 0 fully saturated rings. The van der Waals surface area contributed by atoms with Gasteiger partial charge in [-0.05, 0) is 0 Å². The minimum Gasteiger partial charge on any atom is -0.377 e. The molecule has 0 aliphatic heterocycles. The second-order valence-corrected chi connectivity index (χ2v) is 4.00. The first kappa shape index (κ1) is 12.3. The minimum atomic E-state index is -0.397. The third kappa shape index (κ3) is 2.85. The van der Waals surface area contributed by atoms with Crippen LogP contribution in [-0.2, 0) is 0 Å². The van der Waals surface area contributed by atoms with Gasteiger partial charge in [0.25, 0.3) is 0 Å². The van der Waals surface area contributed by atoms with Gasteiger partial charge in [0.1, 0.15) is 0 Å². The van der Waals surface area contributed by atoms with Crippen molar-refractivity contribution in [2.75, 3.05) is 33.1 Å². The molecular weight excluding hydrogens is 206 g/mol. The van der Waals surface area contributed by atoms with Crippen LogP contribution in [0.15, 0.2) is 18.3 Å². The molecule has 0 aliphatic carbocycles. The SMILES string of the molecule is Cc1cc(N(C)C)cc[n+]1OC(=O)N(C)C. The van der Waals surface area contributed by atoms with Crippen LogP contribution in [0.2, 0.25) is 0 Å². The fourth-order valence-corrected chi connectivity index (χ4v) is 1.13. The van der Waals surface area contributed by atoms with Crippen LogP contribution in [0.4, 0.5) is 10.5 Å². The number of carbonyl (C=O) groups is 1. The lowest BCUT2D eigenvalue weighted by Crippen LogP contribution is -2.51. The van der Waals surface area contributed by atoms with Gasteiger partial charge in [0.05, 0.1) is 0 Å². The molecular formula is C11H18N3O2+. The molecule has 1 aromatic rings. The zero-order chi connectivity index (χ0) is 12.3. The summed E-state index contributed by atoms with van der Waals surface area (Å²) in [4.78, 5) is 19.9. The molecule has 1 rings (SSSR count). The second kappa shape index (κ2) is 4.83.